The molecule has 8 nitrogen and oxygen atoms in total. The number of piperazine rings is 1. The van der Waals surface area contributed by atoms with Crippen molar-refractivity contribution in [1.29, 1.82) is 0 Å². The maximum atomic E-state index is 13.5. The molecule has 1 saturated heterocycles. The quantitative estimate of drug-likeness (QED) is 0.636. The highest BCUT2D eigenvalue weighted by molar-refractivity contribution is 5.82. The number of rotatable bonds is 4. The molecular weight excluding hydrogens is 426 g/mol. The third-order valence-corrected chi connectivity index (χ3v) is 7.59. The molecule has 0 spiro atoms. The summed E-state index contributed by atoms with van der Waals surface area (Å²) in [7, 11) is 0. The Morgan fingerprint density at radius 3 is 2.50 bits per heavy atom. The average molecular weight is 464 g/mol. The van der Waals surface area contributed by atoms with Crippen LogP contribution in [0.5, 0.6) is 0 Å². The molecule has 1 aliphatic carbocycles. The Bertz CT molecular complexity index is 1190. The molecule has 5 rings (SSSR count). The van der Waals surface area contributed by atoms with Crippen molar-refractivity contribution in [3.05, 3.63) is 51.6 Å². The van der Waals surface area contributed by atoms with E-state index in [0.29, 0.717) is 11.6 Å². The first-order valence-electron chi connectivity index (χ1n) is 12.7. The van der Waals surface area contributed by atoms with Gasteiger partial charge in [-0.15, -0.1) is 5.10 Å². The standard InChI is InChI=1S/C26H37N7O/c1-18-9-8-10-19-17-21(25(34)27-22(18)19)23(24-28-29-30-33(24)26(2,3)4)32-15-13-31(14-16-32)20-11-6-5-7-12-20/h8-10,17,20,23H,5-7,11-16H2,1-4H3,(H,27,34)/t23-/m1/s1. The topological polar surface area (TPSA) is 82.9 Å². The number of H-pyrrole nitrogens is 1. The normalized spacial score (nSPS) is 20.1. The molecule has 3 aromatic rings. The number of pyridine rings is 1. The summed E-state index contributed by atoms with van der Waals surface area (Å²) in [5.74, 6) is 0.733. The highest BCUT2D eigenvalue weighted by atomic mass is 16.1. The van der Waals surface area contributed by atoms with Crippen LogP contribution in [0.1, 0.15) is 75.9 Å². The van der Waals surface area contributed by atoms with Gasteiger partial charge in [0.15, 0.2) is 5.82 Å². The number of aryl methyl sites for hydroxylation is 1. The molecule has 0 bridgehead atoms. The van der Waals surface area contributed by atoms with Crippen LogP contribution < -0.4 is 5.56 Å². The van der Waals surface area contributed by atoms with Gasteiger partial charge in [0.05, 0.1) is 11.1 Å². The lowest BCUT2D eigenvalue weighted by Gasteiger charge is -2.43. The first-order chi connectivity index (χ1) is 16.3. The smallest absolute Gasteiger partial charge is 0.253 e. The zero-order valence-corrected chi connectivity index (χ0v) is 20.9. The van der Waals surface area contributed by atoms with Crippen LogP contribution in [-0.2, 0) is 5.54 Å². The van der Waals surface area contributed by atoms with Crippen LogP contribution in [0.2, 0.25) is 0 Å². The van der Waals surface area contributed by atoms with Gasteiger partial charge in [-0.05, 0) is 68.0 Å². The van der Waals surface area contributed by atoms with Gasteiger partial charge in [-0.1, -0.05) is 37.5 Å². The lowest BCUT2D eigenvalue weighted by molar-refractivity contribution is 0.0606. The van der Waals surface area contributed by atoms with Crippen molar-refractivity contribution in [2.45, 2.75) is 77.4 Å². The number of nitrogens with zero attached hydrogens (tertiary/aromatic N) is 6. The number of hydrogen-bond donors (Lipinski definition) is 1. The molecule has 2 aliphatic rings. The van der Waals surface area contributed by atoms with Crippen LogP contribution in [0.3, 0.4) is 0 Å². The molecule has 0 amide bonds. The molecule has 1 atom stereocenters. The van der Waals surface area contributed by atoms with E-state index in [1.54, 1.807) is 0 Å². The molecule has 1 N–H and O–H groups in total. The summed E-state index contributed by atoms with van der Waals surface area (Å²) < 4.78 is 1.88. The van der Waals surface area contributed by atoms with Crippen LogP contribution in [0.4, 0.5) is 0 Å². The van der Waals surface area contributed by atoms with E-state index in [1.165, 1.54) is 32.1 Å². The van der Waals surface area contributed by atoms with E-state index in [9.17, 15) is 4.79 Å². The molecule has 8 heteroatoms. The molecular formula is C26H37N7O. The van der Waals surface area contributed by atoms with Crippen molar-refractivity contribution in [2.75, 3.05) is 26.2 Å². The fourth-order valence-electron chi connectivity index (χ4n) is 5.75. The van der Waals surface area contributed by atoms with Crippen LogP contribution in [0.25, 0.3) is 10.9 Å². The number of hydrogen-bond acceptors (Lipinski definition) is 6. The molecule has 2 fully saturated rings. The molecule has 1 aliphatic heterocycles. The summed E-state index contributed by atoms with van der Waals surface area (Å²) in [5, 5.41) is 13.9. The van der Waals surface area contributed by atoms with Gasteiger partial charge < -0.3 is 4.98 Å². The molecule has 0 unspecified atom stereocenters. The average Bonchev–Trinajstić information content (AvgIpc) is 3.32. The van der Waals surface area contributed by atoms with Crippen molar-refractivity contribution in [2.24, 2.45) is 0 Å². The Morgan fingerprint density at radius 2 is 1.79 bits per heavy atom. The summed E-state index contributed by atoms with van der Waals surface area (Å²) in [5.41, 5.74) is 2.32. The van der Waals surface area contributed by atoms with Crippen LogP contribution in [0.15, 0.2) is 29.1 Å². The zero-order valence-electron chi connectivity index (χ0n) is 20.9. The van der Waals surface area contributed by atoms with Crippen LogP contribution in [-0.4, -0.2) is 67.2 Å². The Hall–Kier alpha value is -2.58. The van der Waals surface area contributed by atoms with Crippen molar-refractivity contribution >= 4 is 10.9 Å². The maximum absolute atomic E-state index is 13.5. The zero-order chi connectivity index (χ0) is 23.9. The van der Waals surface area contributed by atoms with Crippen molar-refractivity contribution < 1.29 is 0 Å². The molecule has 182 valence electrons. The molecule has 2 aromatic heterocycles. The molecule has 1 aromatic carbocycles. The molecule has 1 saturated carbocycles. The van der Waals surface area contributed by atoms with E-state index < -0.39 is 0 Å². The van der Waals surface area contributed by atoms with Crippen molar-refractivity contribution in [3.63, 3.8) is 0 Å². The fraction of sp³-hybridized carbons (Fsp3) is 0.615. The summed E-state index contributed by atoms with van der Waals surface area (Å²) in [6, 6.07) is 8.59. The SMILES string of the molecule is Cc1cccc2cc([C@H](c3nnnn3C(C)(C)C)N3CCN(C4CCCCC4)CC3)c(=O)[nH]c12. The molecule has 0 radical (unpaired) electrons. The fourth-order valence-corrected chi connectivity index (χ4v) is 5.75. The van der Waals surface area contributed by atoms with Crippen molar-refractivity contribution in [1.82, 2.24) is 35.0 Å². The van der Waals surface area contributed by atoms with E-state index in [1.807, 2.05) is 29.8 Å². The van der Waals surface area contributed by atoms with E-state index in [0.717, 1.165) is 48.5 Å². The van der Waals surface area contributed by atoms with E-state index in [4.69, 9.17) is 0 Å². The number of fused-ring (bicyclic) bond motifs is 1. The third-order valence-electron chi connectivity index (χ3n) is 7.59. The predicted octanol–water partition coefficient (Wildman–Crippen LogP) is 3.62. The first kappa shape index (κ1) is 23.2. The molecule has 34 heavy (non-hydrogen) atoms. The van der Waals surface area contributed by atoms with Gasteiger partial charge in [0.25, 0.3) is 5.56 Å². The van der Waals surface area contributed by atoms with Gasteiger partial charge in [0.1, 0.15) is 6.04 Å². The van der Waals surface area contributed by atoms with Gasteiger partial charge in [-0.3, -0.25) is 14.6 Å². The van der Waals surface area contributed by atoms with Crippen LogP contribution >= 0.6 is 0 Å². The minimum atomic E-state index is -0.295. The Kier molecular flexibility index (Phi) is 6.29. The highest BCUT2D eigenvalue weighted by Crippen LogP contribution is 2.31. The Balaban J connectivity index is 1.53. The number of aromatic amines is 1. The summed E-state index contributed by atoms with van der Waals surface area (Å²) in [6.07, 6.45) is 6.70. The Morgan fingerprint density at radius 1 is 1.06 bits per heavy atom. The summed E-state index contributed by atoms with van der Waals surface area (Å²) in [6.45, 7) is 12.1. The van der Waals surface area contributed by atoms with E-state index in [-0.39, 0.29) is 17.1 Å². The van der Waals surface area contributed by atoms with E-state index >= 15 is 0 Å². The minimum absolute atomic E-state index is 0.0648. The van der Waals surface area contributed by atoms with Gasteiger partial charge in [0, 0.05) is 37.8 Å². The van der Waals surface area contributed by atoms with Crippen LogP contribution in [0, 0.1) is 6.92 Å². The van der Waals surface area contributed by atoms with Gasteiger partial charge in [0.2, 0.25) is 0 Å². The second kappa shape index (κ2) is 9.23. The van der Waals surface area contributed by atoms with E-state index in [2.05, 4.69) is 57.1 Å². The number of nitrogens with one attached hydrogen (secondary N) is 1. The number of benzene rings is 1. The predicted molar refractivity (Wildman–Crippen MR) is 134 cm³/mol. The first-order valence-corrected chi connectivity index (χ1v) is 12.7. The number of para-hydroxylation sites is 1. The monoisotopic (exact) mass is 463 g/mol. The van der Waals surface area contributed by atoms with Crippen molar-refractivity contribution in [3.8, 4) is 0 Å². The Labute approximate surface area is 201 Å². The third kappa shape index (κ3) is 4.41. The summed E-state index contributed by atoms with van der Waals surface area (Å²) in [4.78, 5) is 21.7. The maximum Gasteiger partial charge on any atom is 0.253 e. The lowest BCUT2D eigenvalue weighted by atomic mass is 9.93. The van der Waals surface area contributed by atoms with Gasteiger partial charge in [-0.25, -0.2) is 4.68 Å². The van der Waals surface area contributed by atoms with Gasteiger partial charge >= 0.3 is 0 Å². The van der Waals surface area contributed by atoms with Gasteiger partial charge in [-0.2, -0.15) is 0 Å². The largest absolute Gasteiger partial charge is 0.321 e. The summed E-state index contributed by atoms with van der Waals surface area (Å²) >= 11 is 0. The molecule has 3 heterocycles. The number of aromatic nitrogens is 5. The second-order valence-corrected chi connectivity index (χ2v) is 11.0. The minimum Gasteiger partial charge on any atom is -0.321 e. The number of tetrazole rings is 1. The lowest BCUT2D eigenvalue weighted by Crippen LogP contribution is -2.52. The highest BCUT2D eigenvalue weighted by Gasteiger charge is 2.36. The second-order valence-electron chi connectivity index (χ2n) is 11.0.